The van der Waals surface area contributed by atoms with Gasteiger partial charge >= 0.3 is 11.9 Å². The molecule has 0 bridgehead atoms. The van der Waals surface area contributed by atoms with Crippen molar-refractivity contribution >= 4 is 29.4 Å². The highest BCUT2D eigenvalue weighted by molar-refractivity contribution is 7.07. The van der Waals surface area contributed by atoms with Gasteiger partial charge in [-0.05, 0) is 45.0 Å². The average Bonchev–Trinajstić information content (AvgIpc) is 3.60. The third-order valence-corrected chi connectivity index (χ3v) is 7.83. The van der Waals surface area contributed by atoms with Crippen LogP contribution in [0.1, 0.15) is 48.5 Å². The fraction of sp³-hybridized carbons (Fsp3) is 0.273. The topological polar surface area (TPSA) is 119 Å². The normalized spacial score (nSPS) is 14.8. The van der Waals surface area contributed by atoms with Gasteiger partial charge in [0.15, 0.2) is 4.80 Å². The minimum absolute atomic E-state index is 0.0499. The minimum Gasteiger partial charge on any atom is -0.496 e. The van der Waals surface area contributed by atoms with Gasteiger partial charge < -0.3 is 23.4 Å². The Kier molecular flexibility index (Phi) is 9.26. The molecule has 0 radical (unpaired) electrons. The molecule has 0 amide bonds. The van der Waals surface area contributed by atoms with Crippen molar-refractivity contribution in [2.24, 2.45) is 4.99 Å². The first-order valence-electron chi connectivity index (χ1n) is 13.9. The Labute approximate surface area is 257 Å². The summed E-state index contributed by atoms with van der Waals surface area (Å²) in [6, 6.07) is 16.8. The summed E-state index contributed by atoms with van der Waals surface area (Å²) in [6.07, 6.45) is 1.35. The standard InChI is InChI=1S/C33H32N2O8S/c1-19(2)42-31(37)23-11-7-6-10-22(23)26-15-14-21(43-26)18-27-30(36)35-29(24-12-8-9-13-25(24)40-5)28(20(3)34-33(35)44-27)32(38)41-17-16-39-4/h6-15,18-19,29H,16-17H2,1-5H3. The second kappa shape index (κ2) is 13.3. The first-order valence-corrected chi connectivity index (χ1v) is 14.8. The van der Waals surface area contributed by atoms with E-state index in [9.17, 15) is 14.4 Å². The smallest absolute Gasteiger partial charge is 0.339 e. The van der Waals surface area contributed by atoms with Gasteiger partial charge in [0.1, 0.15) is 29.9 Å². The molecule has 1 unspecified atom stereocenters. The molecule has 2 aromatic heterocycles. The number of aromatic nitrogens is 1. The molecule has 0 saturated carbocycles. The Morgan fingerprint density at radius 2 is 1.77 bits per heavy atom. The summed E-state index contributed by atoms with van der Waals surface area (Å²) in [4.78, 5) is 45.1. The third kappa shape index (κ3) is 6.15. The van der Waals surface area contributed by atoms with E-state index in [0.717, 1.165) is 0 Å². The molecular weight excluding hydrogens is 584 g/mol. The number of hydrogen-bond acceptors (Lipinski definition) is 10. The van der Waals surface area contributed by atoms with Crippen molar-refractivity contribution in [1.82, 2.24) is 4.57 Å². The van der Waals surface area contributed by atoms with Gasteiger partial charge in [0.25, 0.3) is 5.56 Å². The van der Waals surface area contributed by atoms with E-state index in [2.05, 4.69) is 4.99 Å². The highest BCUT2D eigenvalue weighted by atomic mass is 32.1. The maximum Gasteiger partial charge on any atom is 0.339 e. The number of ether oxygens (including phenoxy) is 4. The number of methoxy groups -OCH3 is 2. The molecule has 0 saturated heterocycles. The number of rotatable bonds is 10. The van der Waals surface area contributed by atoms with Crippen molar-refractivity contribution < 1.29 is 33.0 Å². The number of esters is 2. The van der Waals surface area contributed by atoms with E-state index < -0.39 is 18.0 Å². The van der Waals surface area contributed by atoms with Gasteiger partial charge in [-0.1, -0.05) is 47.7 Å². The van der Waals surface area contributed by atoms with Crippen molar-refractivity contribution in [3.05, 3.63) is 109 Å². The van der Waals surface area contributed by atoms with Gasteiger partial charge in [0.2, 0.25) is 0 Å². The van der Waals surface area contributed by atoms with Crippen LogP contribution in [0.4, 0.5) is 0 Å². The van der Waals surface area contributed by atoms with Crippen LogP contribution in [0.15, 0.2) is 86.1 Å². The van der Waals surface area contributed by atoms with E-state index in [0.29, 0.717) is 49.0 Å². The maximum absolute atomic E-state index is 14.0. The molecular formula is C33H32N2O8S. The number of carbonyl (C=O) groups excluding carboxylic acids is 2. The summed E-state index contributed by atoms with van der Waals surface area (Å²) in [5.74, 6) is 0.309. The highest BCUT2D eigenvalue weighted by Gasteiger charge is 2.35. The van der Waals surface area contributed by atoms with E-state index in [4.69, 9.17) is 23.4 Å². The molecule has 2 aromatic carbocycles. The summed E-state index contributed by atoms with van der Waals surface area (Å²) < 4.78 is 29.4. The molecule has 11 heteroatoms. The molecule has 3 heterocycles. The van der Waals surface area contributed by atoms with Gasteiger partial charge in [-0.3, -0.25) is 9.36 Å². The monoisotopic (exact) mass is 616 g/mol. The first-order chi connectivity index (χ1) is 21.2. The lowest BCUT2D eigenvalue weighted by Crippen LogP contribution is -2.40. The zero-order valence-electron chi connectivity index (χ0n) is 25.0. The van der Waals surface area contributed by atoms with E-state index >= 15 is 0 Å². The zero-order valence-corrected chi connectivity index (χ0v) is 25.8. The Balaban J connectivity index is 1.59. The van der Waals surface area contributed by atoms with Crippen LogP contribution in [0.5, 0.6) is 5.75 Å². The molecule has 0 N–H and O–H groups in total. The lowest BCUT2D eigenvalue weighted by Gasteiger charge is -2.26. The number of para-hydroxylation sites is 1. The number of furan rings is 1. The Hall–Kier alpha value is -4.74. The van der Waals surface area contributed by atoms with Crippen LogP contribution in [0.25, 0.3) is 17.4 Å². The van der Waals surface area contributed by atoms with Crippen molar-refractivity contribution in [3.63, 3.8) is 0 Å². The fourth-order valence-electron chi connectivity index (χ4n) is 4.92. The average molecular weight is 617 g/mol. The molecule has 1 aliphatic heterocycles. The predicted octanol–water partition coefficient (Wildman–Crippen LogP) is 4.26. The molecule has 228 valence electrons. The van der Waals surface area contributed by atoms with Crippen LogP contribution < -0.4 is 19.6 Å². The number of hydrogen-bond donors (Lipinski definition) is 0. The largest absolute Gasteiger partial charge is 0.496 e. The Morgan fingerprint density at radius 3 is 2.52 bits per heavy atom. The summed E-state index contributed by atoms with van der Waals surface area (Å²) in [5.41, 5.74) is 1.86. The number of thiazole rings is 1. The second-order valence-corrected chi connectivity index (χ2v) is 11.2. The van der Waals surface area contributed by atoms with E-state index in [1.165, 1.54) is 30.1 Å². The van der Waals surface area contributed by atoms with Crippen molar-refractivity contribution in [1.29, 1.82) is 0 Å². The third-order valence-electron chi connectivity index (χ3n) is 6.85. The zero-order chi connectivity index (χ0) is 31.4. The molecule has 0 spiro atoms. The Morgan fingerprint density at radius 1 is 1.02 bits per heavy atom. The lowest BCUT2D eigenvalue weighted by atomic mass is 9.95. The molecule has 1 atom stereocenters. The van der Waals surface area contributed by atoms with E-state index in [1.54, 1.807) is 69.3 Å². The van der Waals surface area contributed by atoms with Gasteiger partial charge in [0, 0.05) is 24.3 Å². The van der Waals surface area contributed by atoms with Crippen LogP contribution in [0.2, 0.25) is 0 Å². The summed E-state index contributed by atoms with van der Waals surface area (Å²) in [7, 11) is 3.05. The van der Waals surface area contributed by atoms with Gasteiger partial charge in [-0.2, -0.15) is 0 Å². The molecule has 0 aliphatic carbocycles. The second-order valence-electron chi connectivity index (χ2n) is 10.2. The summed E-state index contributed by atoms with van der Waals surface area (Å²) in [5, 5.41) is 0. The number of allylic oxidation sites excluding steroid dienone is 1. The maximum atomic E-state index is 14.0. The lowest BCUT2D eigenvalue weighted by molar-refractivity contribution is -0.140. The molecule has 0 fully saturated rings. The minimum atomic E-state index is -0.842. The predicted molar refractivity (Wildman–Crippen MR) is 164 cm³/mol. The van der Waals surface area contributed by atoms with Crippen LogP contribution in [0, 0.1) is 0 Å². The van der Waals surface area contributed by atoms with Crippen molar-refractivity contribution in [3.8, 4) is 17.1 Å². The van der Waals surface area contributed by atoms with Gasteiger partial charge in [0.05, 0.1) is 41.2 Å². The molecule has 5 rings (SSSR count). The van der Waals surface area contributed by atoms with Crippen LogP contribution in [-0.2, 0) is 19.0 Å². The van der Waals surface area contributed by atoms with Gasteiger partial charge in [-0.15, -0.1) is 0 Å². The van der Waals surface area contributed by atoms with Crippen LogP contribution in [0.3, 0.4) is 0 Å². The summed E-state index contributed by atoms with van der Waals surface area (Å²) in [6.45, 7) is 5.57. The SMILES string of the molecule is COCCOC(=O)C1=C(C)N=c2sc(=Cc3ccc(-c4ccccc4C(=O)OC(C)C)o3)c(=O)n2C1c1ccccc1OC. The van der Waals surface area contributed by atoms with Crippen molar-refractivity contribution in [2.75, 3.05) is 27.4 Å². The first kappa shape index (κ1) is 30.7. The van der Waals surface area contributed by atoms with E-state index in [-0.39, 0.29) is 30.5 Å². The molecule has 44 heavy (non-hydrogen) atoms. The molecule has 1 aliphatic rings. The van der Waals surface area contributed by atoms with Gasteiger partial charge in [-0.25, -0.2) is 14.6 Å². The van der Waals surface area contributed by atoms with Crippen LogP contribution in [-0.4, -0.2) is 50.0 Å². The van der Waals surface area contributed by atoms with E-state index in [1.807, 2.05) is 18.2 Å². The highest BCUT2D eigenvalue weighted by Crippen LogP contribution is 2.35. The van der Waals surface area contributed by atoms with Crippen LogP contribution >= 0.6 is 11.3 Å². The number of nitrogens with zero attached hydrogens (tertiary/aromatic N) is 2. The summed E-state index contributed by atoms with van der Waals surface area (Å²) >= 11 is 1.17. The molecule has 10 nitrogen and oxygen atoms in total. The quantitative estimate of drug-likeness (QED) is 0.192. The van der Waals surface area contributed by atoms with Crippen molar-refractivity contribution in [2.45, 2.75) is 32.9 Å². The number of benzene rings is 2. The number of carbonyl (C=O) groups is 2. The number of fused-ring (bicyclic) bond motifs is 1. The molecule has 4 aromatic rings. The Bertz CT molecular complexity index is 1910. The fourth-order valence-corrected chi connectivity index (χ4v) is 5.95.